The molecule has 0 aliphatic heterocycles. The molecule has 102 valence electrons. The summed E-state index contributed by atoms with van der Waals surface area (Å²) in [5, 5.41) is 11.9. The second-order valence-corrected chi connectivity index (χ2v) is 5.82. The molecule has 0 bridgehead atoms. The van der Waals surface area contributed by atoms with Crippen LogP contribution in [0.25, 0.3) is 0 Å². The Morgan fingerprint density at radius 1 is 1.50 bits per heavy atom. The van der Waals surface area contributed by atoms with E-state index in [1.54, 1.807) is 0 Å². The Hall–Kier alpha value is -1.58. The molecule has 1 aromatic heterocycles. The normalized spacial score (nSPS) is 12.7. The summed E-state index contributed by atoms with van der Waals surface area (Å²) in [6, 6.07) is 0. The summed E-state index contributed by atoms with van der Waals surface area (Å²) in [4.78, 5) is 10.6. The Bertz CT molecular complexity index is 561. The van der Waals surface area contributed by atoms with Crippen molar-refractivity contribution >= 4 is 15.8 Å². The highest BCUT2D eigenvalue weighted by molar-refractivity contribution is 7.90. The number of carbonyl (C=O) groups is 1. The fourth-order valence-corrected chi connectivity index (χ4v) is 1.77. The number of carboxylic acids is 1. The molecule has 1 aromatic rings. The fourth-order valence-electron chi connectivity index (χ4n) is 1.26. The maximum absolute atomic E-state index is 12.6. The lowest BCUT2D eigenvalue weighted by Crippen LogP contribution is -2.21. The first-order chi connectivity index (χ1) is 8.02. The highest BCUT2D eigenvalue weighted by atomic mass is 32.2. The summed E-state index contributed by atoms with van der Waals surface area (Å²) in [5.74, 6) is -2.33. The minimum Gasteiger partial charge on any atom is -0.478 e. The molecule has 1 heterocycles. The SMILES string of the molecule is CS(=O)(=O)CCn1ncc(C(=O)O)c1C(F)(F)F. The van der Waals surface area contributed by atoms with E-state index in [2.05, 4.69) is 5.10 Å². The molecule has 0 unspecified atom stereocenters. The van der Waals surface area contributed by atoms with Gasteiger partial charge in [-0.25, -0.2) is 13.2 Å². The van der Waals surface area contributed by atoms with Gasteiger partial charge >= 0.3 is 12.1 Å². The van der Waals surface area contributed by atoms with Gasteiger partial charge in [-0.2, -0.15) is 18.3 Å². The highest BCUT2D eigenvalue weighted by Gasteiger charge is 2.40. The Balaban J connectivity index is 3.18. The number of aryl methyl sites for hydroxylation is 1. The molecule has 0 aromatic carbocycles. The van der Waals surface area contributed by atoms with Crippen LogP contribution in [0.5, 0.6) is 0 Å². The molecule has 1 rings (SSSR count). The van der Waals surface area contributed by atoms with Crippen LogP contribution in [0.4, 0.5) is 13.2 Å². The maximum Gasteiger partial charge on any atom is 0.433 e. The summed E-state index contributed by atoms with van der Waals surface area (Å²) in [6.07, 6.45) is -3.50. The van der Waals surface area contributed by atoms with Crippen LogP contribution in [-0.4, -0.2) is 41.3 Å². The van der Waals surface area contributed by atoms with Crippen molar-refractivity contribution in [2.75, 3.05) is 12.0 Å². The summed E-state index contributed by atoms with van der Waals surface area (Å²) in [5.41, 5.74) is -2.46. The highest BCUT2D eigenvalue weighted by Crippen LogP contribution is 2.31. The number of carboxylic acid groups (broad SMARTS) is 1. The number of nitrogens with zero attached hydrogens (tertiary/aromatic N) is 2. The van der Waals surface area contributed by atoms with Crippen LogP contribution in [0, 0.1) is 0 Å². The van der Waals surface area contributed by atoms with Crippen molar-refractivity contribution in [3.63, 3.8) is 0 Å². The predicted octanol–water partition coefficient (Wildman–Crippen LogP) is 0.645. The van der Waals surface area contributed by atoms with Gasteiger partial charge in [0.25, 0.3) is 0 Å². The number of halogens is 3. The second-order valence-electron chi connectivity index (χ2n) is 3.56. The Kier molecular flexibility index (Phi) is 3.70. The van der Waals surface area contributed by atoms with Gasteiger partial charge in [0.2, 0.25) is 0 Å². The van der Waals surface area contributed by atoms with Gasteiger partial charge in [-0.1, -0.05) is 0 Å². The molecule has 0 amide bonds. The van der Waals surface area contributed by atoms with Gasteiger partial charge in [0.15, 0.2) is 5.69 Å². The second kappa shape index (κ2) is 4.59. The van der Waals surface area contributed by atoms with Crippen LogP contribution in [-0.2, 0) is 22.6 Å². The fraction of sp³-hybridized carbons (Fsp3) is 0.500. The topological polar surface area (TPSA) is 89.3 Å². The molecule has 0 saturated carbocycles. The van der Waals surface area contributed by atoms with Crippen molar-refractivity contribution in [2.45, 2.75) is 12.7 Å². The third-order valence-electron chi connectivity index (χ3n) is 2.01. The number of hydrogen-bond acceptors (Lipinski definition) is 4. The van der Waals surface area contributed by atoms with E-state index in [1.165, 1.54) is 0 Å². The number of hydrogen-bond donors (Lipinski definition) is 1. The number of sulfone groups is 1. The molecular weight excluding hydrogens is 277 g/mol. The van der Waals surface area contributed by atoms with Gasteiger partial charge < -0.3 is 5.11 Å². The van der Waals surface area contributed by atoms with E-state index in [4.69, 9.17) is 5.11 Å². The number of rotatable bonds is 4. The average molecular weight is 286 g/mol. The first-order valence-electron chi connectivity index (χ1n) is 4.56. The van der Waals surface area contributed by atoms with Crippen molar-refractivity contribution in [3.8, 4) is 0 Å². The summed E-state index contributed by atoms with van der Waals surface area (Å²) in [7, 11) is -3.47. The zero-order valence-corrected chi connectivity index (χ0v) is 9.92. The average Bonchev–Trinajstić information content (AvgIpc) is 2.56. The van der Waals surface area contributed by atoms with Gasteiger partial charge in [-0.3, -0.25) is 4.68 Å². The van der Waals surface area contributed by atoms with Gasteiger partial charge in [0, 0.05) is 6.26 Å². The van der Waals surface area contributed by atoms with E-state index < -0.39 is 45.5 Å². The van der Waals surface area contributed by atoms with E-state index in [1.807, 2.05) is 0 Å². The van der Waals surface area contributed by atoms with Gasteiger partial charge in [-0.15, -0.1) is 0 Å². The Labute approximate surface area is 99.9 Å². The lowest BCUT2D eigenvalue weighted by molar-refractivity contribution is -0.144. The largest absolute Gasteiger partial charge is 0.478 e. The molecule has 18 heavy (non-hydrogen) atoms. The van der Waals surface area contributed by atoms with Crippen molar-refractivity contribution in [1.29, 1.82) is 0 Å². The van der Waals surface area contributed by atoms with Crippen molar-refractivity contribution < 1.29 is 31.5 Å². The maximum atomic E-state index is 12.6. The molecule has 0 fully saturated rings. The molecular formula is C8H9F3N2O4S. The van der Waals surface area contributed by atoms with Crippen LogP contribution in [0.1, 0.15) is 16.1 Å². The zero-order chi connectivity index (χ0) is 14.1. The van der Waals surface area contributed by atoms with E-state index in [-0.39, 0.29) is 0 Å². The molecule has 6 nitrogen and oxygen atoms in total. The standard InChI is InChI=1S/C8H9F3N2O4S/c1-18(16,17)3-2-13-6(8(9,10)11)5(4-12-13)7(14)15/h4H,2-3H2,1H3,(H,14,15). The van der Waals surface area contributed by atoms with Crippen LogP contribution < -0.4 is 0 Å². The molecule has 10 heteroatoms. The van der Waals surface area contributed by atoms with Gasteiger partial charge in [-0.05, 0) is 0 Å². The third kappa shape index (κ3) is 3.45. The molecule has 0 atom stereocenters. The lowest BCUT2D eigenvalue weighted by Gasteiger charge is -2.10. The van der Waals surface area contributed by atoms with Gasteiger partial charge in [0.05, 0.1) is 18.5 Å². The van der Waals surface area contributed by atoms with Crippen molar-refractivity contribution in [2.24, 2.45) is 0 Å². The third-order valence-corrected chi connectivity index (χ3v) is 2.94. The minimum absolute atomic E-state index is 0.338. The number of aromatic nitrogens is 2. The minimum atomic E-state index is -4.91. The number of aromatic carboxylic acids is 1. The van der Waals surface area contributed by atoms with E-state index in [0.29, 0.717) is 10.9 Å². The Morgan fingerprint density at radius 2 is 2.06 bits per heavy atom. The molecule has 0 saturated heterocycles. The smallest absolute Gasteiger partial charge is 0.433 e. The van der Waals surface area contributed by atoms with E-state index in [0.717, 1.165) is 6.26 Å². The Morgan fingerprint density at radius 3 is 2.44 bits per heavy atom. The summed E-state index contributed by atoms with van der Waals surface area (Å²) < 4.78 is 60.0. The van der Waals surface area contributed by atoms with Crippen LogP contribution in [0.15, 0.2) is 6.20 Å². The molecule has 0 spiro atoms. The van der Waals surface area contributed by atoms with Crippen LogP contribution >= 0.6 is 0 Å². The number of alkyl halides is 3. The predicted molar refractivity (Wildman–Crippen MR) is 53.9 cm³/mol. The first kappa shape index (κ1) is 14.5. The summed E-state index contributed by atoms with van der Waals surface area (Å²) >= 11 is 0. The molecule has 0 aliphatic carbocycles. The van der Waals surface area contributed by atoms with Crippen LogP contribution in [0.3, 0.4) is 0 Å². The zero-order valence-electron chi connectivity index (χ0n) is 9.10. The quantitative estimate of drug-likeness (QED) is 0.877. The molecule has 1 N–H and O–H groups in total. The van der Waals surface area contributed by atoms with Crippen molar-refractivity contribution in [1.82, 2.24) is 9.78 Å². The molecule has 0 radical (unpaired) electrons. The van der Waals surface area contributed by atoms with E-state index in [9.17, 15) is 26.4 Å². The van der Waals surface area contributed by atoms with Crippen molar-refractivity contribution in [3.05, 3.63) is 17.5 Å². The molecule has 0 aliphatic rings. The van der Waals surface area contributed by atoms with Crippen LogP contribution in [0.2, 0.25) is 0 Å². The lowest BCUT2D eigenvalue weighted by atomic mass is 10.2. The summed E-state index contributed by atoms with van der Waals surface area (Å²) in [6.45, 7) is -0.555. The van der Waals surface area contributed by atoms with Gasteiger partial charge in [0.1, 0.15) is 15.4 Å². The first-order valence-corrected chi connectivity index (χ1v) is 6.62. The van der Waals surface area contributed by atoms with E-state index >= 15 is 0 Å². The monoisotopic (exact) mass is 286 g/mol.